The lowest BCUT2D eigenvalue weighted by Gasteiger charge is -2.32. The van der Waals surface area contributed by atoms with Crippen molar-refractivity contribution in [2.24, 2.45) is 14.1 Å². The second-order valence-corrected chi connectivity index (χ2v) is 7.94. The third-order valence-electron chi connectivity index (χ3n) is 6.25. The molecule has 0 atom stereocenters. The van der Waals surface area contributed by atoms with Crippen LogP contribution in [-0.2, 0) is 14.1 Å². The van der Waals surface area contributed by atoms with E-state index in [4.69, 9.17) is 4.98 Å². The molecule has 4 heterocycles. The van der Waals surface area contributed by atoms with Crippen LogP contribution in [0.3, 0.4) is 0 Å². The Labute approximate surface area is 173 Å². The Kier molecular flexibility index (Phi) is 4.38. The lowest BCUT2D eigenvalue weighted by atomic mass is 9.92. The maximum absolute atomic E-state index is 13.1. The van der Waals surface area contributed by atoms with Gasteiger partial charge in [-0.05, 0) is 55.3 Å². The Balaban J connectivity index is 1.33. The molecule has 7 heteroatoms. The molecule has 7 nitrogen and oxygen atoms in total. The number of rotatable bonds is 2. The predicted molar refractivity (Wildman–Crippen MR) is 116 cm³/mol. The number of nitrogens with zero attached hydrogens (tertiary/aromatic N) is 5. The van der Waals surface area contributed by atoms with Gasteiger partial charge in [-0.15, -0.1) is 0 Å². The quantitative estimate of drug-likeness (QED) is 0.518. The average Bonchev–Trinajstić information content (AvgIpc) is 3.02. The molecule has 1 aliphatic heterocycles. The first kappa shape index (κ1) is 18.5. The van der Waals surface area contributed by atoms with E-state index in [0.29, 0.717) is 30.0 Å². The van der Waals surface area contributed by atoms with Crippen molar-refractivity contribution in [3.63, 3.8) is 0 Å². The molecule has 152 valence electrons. The summed E-state index contributed by atoms with van der Waals surface area (Å²) in [6, 6.07) is 13.4. The molecule has 0 N–H and O–H groups in total. The fraction of sp³-hybridized carbons (Fsp3) is 0.304. The van der Waals surface area contributed by atoms with Crippen LogP contribution in [0.1, 0.15) is 34.8 Å². The number of amides is 1. The van der Waals surface area contributed by atoms with Gasteiger partial charge in [-0.1, -0.05) is 0 Å². The first-order valence-corrected chi connectivity index (χ1v) is 10.2. The van der Waals surface area contributed by atoms with E-state index >= 15 is 0 Å². The average molecular weight is 401 g/mol. The molecule has 1 amide bonds. The van der Waals surface area contributed by atoms with Crippen molar-refractivity contribution in [1.82, 2.24) is 24.2 Å². The molecule has 0 spiro atoms. The van der Waals surface area contributed by atoms with E-state index in [1.807, 2.05) is 30.1 Å². The van der Waals surface area contributed by atoms with Crippen LogP contribution in [0.4, 0.5) is 0 Å². The predicted octanol–water partition coefficient (Wildman–Crippen LogP) is 2.84. The Morgan fingerprint density at radius 2 is 1.83 bits per heavy atom. The maximum Gasteiger partial charge on any atom is 0.274 e. The minimum atomic E-state index is -0.0512. The van der Waals surface area contributed by atoms with Crippen LogP contribution in [0.25, 0.3) is 21.9 Å². The fourth-order valence-corrected chi connectivity index (χ4v) is 4.34. The molecule has 0 unspecified atom stereocenters. The number of carbonyl (C=O) groups excluding carboxylic acids is 1. The second kappa shape index (κ2) is 7.09. The van der Waals surface area contributed by atoms with Gasteiger partial charge in [-0.3, -0.25) is 19.0 Å². The largest absolute Gasteiger partial charge is 0.339 e. The molecule has 0 bridgehead atoms. The van der Waals surface area contributed by atoms with Crippen molar-refractivity contribution < 1.29 is 4.79 Å². The number of aromatic nitrogens is 4. The number of carbonyl (C=O) groups is 1. The number of piperidine rings is 1. The van der Waals surface area contributed by atoms with E-state index in [-0.39, 0.29) is 11.5 Å². The molecule has 5 rings (SSSR count). The summed E-state index contributed by atoms with van der Waals surface area (Å²) in [5, 5.41) is 1.67. The minimum absolute atomic E-state index is 0.0137. The van der Waals surface area contributed by atoms with Crippen molar-refractivity contribution >= 4 is 27.8 Å². The SMILES string of the molecule is Cn1c(=O)c2ccc(C(=O)N3CCC(c4ccc5cccnc5n4)CC3)cc2n1C. The zero-order valence-corrected chi connectivity index (χ0v) is 17.1. The van der Waals surface area contributed by atoms with Crippen molar-refractivity contribution in [2.75, 3.05) is 13.1 Å². The van der Waals surface area contributed by atoms with Crippen LogP contribution in [0.2, 0.25) is 0 Å². The summed E-state index contributed by atoms with van der Waals surface area (Å²) in [5.74, 6) is 0.345. The Morgan fingerprint density at radius 1 is 1.03 bits per heavy atom. The van der Waals surface area contributed by atoms with Gasteiger partial charge in [-0.2, -0.15) is 0 Å². The number of aryl methyl sites for hydroxylation is 1. The van der Waals surface area contributed by atoms with Crippen molar-refractivity contribution in [3.8, 4) is 0 Å². The lowest BCUT2D eigenvalue weighted by molar-refractivity contribution is 0.0712. The van der Waals surface area contributed by atoms with Gasteiger partial charge in [0.25, 0.3) is 11.5 Å². The molecular weight excluding hydrogens is 378 g/mol. The van der Waals surface area contributed by atoms with Gasteiger partial charge in [0.2, 0.25) is 0 Å². The molecule has 1 saturated heterocycles. The topological polar surface area (TPSA) is 73.0 Å². The van der Waals surface area contributed by atoms with E-state index in [2.05, 4.69) is 17.1 Å². The maximum atomic E-state index is 13.1. The molecule has 1 aromatic carbocycles. The van der Waals surface area contributed by atoms with Crippen LogP contribution < -0.4 is 5.56 Å². The normalized spacial score (nSPS) is 15.2. The number of pyridine rings is 2. The summed E-state index contributed by atoms with van der Waals surface area (Å²) in [4.78, 5) is 36.3. The van der Waals surface area contributed by atoms with E-state index < -0.39 is 0 Å². The first-order chi connectivity index (χ1) is 14.5. The van der Waals surface area contributed by atoms with Gasteiger partial charge in [0, 0.05) is 55.9 Å². The Morgan fingerprint density at radius 3 is 2.63 bits per heavy atom. The molecule has 30 heavy (non-hydrogen) atoms. The first-order valence-electron chi connectivity index (χ1n) is 10.2. The van der Waals surface area contributed by atoms with Crippen molar-refractivity contribution in [3.05, 3.63) is 70.3 Å². The van der Waals surface area contributed by atoms with Gasteiger partial charge in [-0.25, -0.2) is 9.97 Å². The summed E-state index contributed by atoms with van der Waals surface area (Å²) in [6.45, 7) is 1.38. The van der Waals surface area contributed by atoms with Crippen molar-refractivity contribution in [2.45, 2.75) is 18.8 Å². The molecule has 0 aliphatic carbocycles. The zero-order valence-electron chi connectivity index (χ0n) is 17.1. The van der Waals surface area contributed by atoms with E-state index in [1.165, 1.54) is 0 Å². The molecule has 4 aromatic rings. The van der Waals surface area contributed by atoms with E-state index in [1.54, 1.807) is 34.7 Å². The molecular formula is C23H23N5O2. The highest BCUT2D eigenvalue weighted by Crippen LogP contribution is 2.28. The summed E-state index contributed by atoms with van der Waals surface area (Å²) < 4.78 is 3.33. The number of hydrogen-bond donors (Lipinski definition) is 0. The zero-order chi connectivity index (χ0) is 20.8. The molecule has 3 aromatic heterocycles. The smallest absolute Gasteiger partial charge is 0.274 e. The highest BCUT2D eigenvalue weighted by Gasteiger charge is 2.26. The lowest BCUT2D eigenvalue weighted by Crippen LogP contribution is -2.38. The third-order valence-corrected chi connectivity index (χ3v) is 6.25. The van der Waals surface area contributed by atoms with Gasteiger partial charge in [0.1, 0.15) is 0 Å². The molecule has 0 radical (unpaired) electrons. The van der Waals surface area contributed by atoms with E-state index in [0.717, 1.165) is 35.1 Å². The number of fused-ring (bicyclic) bond motifs is 2. The number of benzene rings is 1. The van der Waals surface area contributed by atoms with Crippen LogP contribution in [0.15, 0.2) is 53.5 Å². The fourth-order valence-electron chi connectivity index (χ4n) is 4.34. The van der Waals surface area contributed by atoms with Crippen LogP contribution in [-0.4, -0.2) is 43.2 Å². The highest BCUT2D eigenvalue weighted by atomic mass is 16.2. The van der Waals surface area contributed by atoms with Crippen LogP contribution in [0, 0.1) is 0 Å². The van der Waals surface area contributed by atoms with Gasteiger partial charge in [0.05, 0.1) is 10.9 Å². The summed E-state index contributed by atoms with van der Waals surface area (Å²) in [5.41, 5.74) is 3.17. The van der Waals surface area contributed by atoms with Crippen LogP contribution in [0.5, 0.6) is 0 Å². The summed E-state index contributed by atoms with van der Waals surface area (Å²) >= 11 is 0. The number of hydrogen-bond acceptors (Lipinski definition) is 4. The monoisotopic (exact) mass is 401 g/mol. The highest BCUT2D eigenvalue weighted by molar-refractivity contribution is 5.98. The molecule has 1 aliphatic rings. The van der Waals surface area contributed by atoms with Crippen LogP contribution >= 0.6 is 0 Å². The van der Waals surface area contributed by atoms with Gasteiger partial charge < -0.3 is 4.90 Å². The second-order valence-electron chi connectivity index (χ2n) is 7.94. The minimum Gasteiger partial charge on any atom is -0.339 e. The summed E-state index contributed by atoms with van der Waals surface area (Å²) in [6.07, 6.45) is 3.52. The van der Waals surface area contributed by atoms with Crippen molar-refractivity contribution in [1.29, 1.82) is 0 Å². The Hall–Kier alpha value is -3.48. The molecule has 1 fully saturated rings. The molecule has 0 saturated carbocycles. The van der Waals surface area contributed by atoms with Gasteiger partial charge in [0.15, 0.2) is 5.65 Å². The summed E-state index contributed by atoms with van der Waals surface area (Å²) in [7, 11) is 3.56. The van der Waals surface area contributed by atoms with E-state index in [9.17, 15) is 9.59 Å². The third kappa shape index (κ3) is 2.98. The number of likely N-dealkylation sites (tertiary alicyclic amines) is 1. The Bertz CT molecular complexity index is 1330. The van der Waals surface area contributed by atoms with Gasteiger partial charge >= 0.3 is 0 Å². The standard InChI is InChI=1S/C23H23N5O2/c1-26-20-14-17(5-7-18(20)23(30)27(26)2)22(29)28-12-9-15(10-13-28)19-8-6-16-4-3-11-24-21(16)25-19/h3-8,11,14-15H,9-10,12-13H2,1-2H3.